The third-order valence-electron chi connectivity index (χ3n) is 3.34. The SMILES string of the molecule is C[C@H](N)c1ccc(N(C)Cc2cccc(C#N)c2)cc1. The Labute approximate surface area is 120 Å². The predicted octanol–water partition coefficient (Wildman–Crippen LogP) is 3.21. The van der Waals surface area contributed by atoms with Gasteiger partial charge in [-0.25, -0.2) is 0 Å². The van der Waals surface area contributed by atoms with Crippen molar-refractivity contribution in [2.24, 2.45) is 5.73 Å². The molecule has 0 radical (unpaired) electrons. The van der Waals surface area contributed by atoms with E-state index in [1.165, 1.54) is 0 Å². The number of nitriles is 1. The van der Waals surface area contributed by atoms with Crippen molar-refractivity contribution < 1.29 is 0 Å². The van der Waals surface area contributed by atoms with Crippen molar-refractivity contribution in [2.45, 2.75) is 19.5 Å². The fourth-order valence-corrected chi connectivity index (χ4v) is 2.14. The van der Waals surface area contributed by atoms with Crippen LogP contribution in [0.1, 0.15) is 29.7 Å². The standard InChI is InChI=1S/C17H19N3/c1-13(19)16-6-8-17(9-7-16)20(2)12-15-5-3-4-14(10-15)11-18/h3-10,13H,12,19H2,1-2H3/t13-/m0/s1. The summed E-state index contributed by atoms with van der Waals surface area (Å²) in [5.41, 5.74) is 9.95. The van der Waals surface area contributed by atoms with Gasteiger partial charge in [-0.1, -0.05) is 24.3 Å². The van der Waals surface area contributed by atoms with Crippen LogP contribution in [0.5, 0.6) is 0 Å². The third kappa shape index (κ3) is 3.37. The number of nitrogens with zero attached hydrogens (tertiary/aromatic N) is 2. The van der Waals surface area contributed by atoms with Crippen LogP contribution in [0.3, 0.4) is 0 Å². The summed E-state index contributed by atoms with van der Waals surface area (Å²) < 4.78 is 0. The second kappa shape index (κ2) is 6.23. The quantitative estimate of drug-likeness (QED) is 0.923. The van der Waals surface area contributed by atoms with Gasteiger partial charge in [-0.15, -0.1) is 0 Å². The normalized spacial score (nSPS) is 11.7. The van der Waals surface area contributed by atoms with Crippen molar-refractivity contribution in [3.05, 3.63) is 65.2 Å². The van der Waals surface area contributed by atoms with Crippen LogP contribution in [-0.2, 0) is 6.54 Å². The van der Waals surface area contributed by atoms with E-state index in [1.807, 2.05) is 38.2 Å². The minimum Gasteiger partial charge on any atom is -0.370 e. The molecule has 0 aliphatic heterocycles. The maximum atomic E-state index is 8.92. The van der Waals surface area contributed by atoms with Crippen molar-refractivity contribution in [1.82, 2.24) is 0 Å². The monoisotopic (exact) mass is 265 g/mol. The lowest BCUT2D eigenvalue weighted by molar-refractivity contribution is 0.817. The summed E-state index contributed by atoms with van der Waals surface area (Å²) in [4.78, 5) is 2.15. The molecule has 0 aliphatic carbocycles. The molecular formula is C17H19N3. The van der Waals surface area contributed by atoms with E-state index >= 15 is 0 Å². The Bertz CT molecular complexity index is 609. The zero-order valence-corrected chi connectivity index (χ0v) is 11.9. The van der Waals surface area contributed by atoms with Crippen LogP contribution in [0.4, 0.5) is 5.69 Å². The van der Waals surface area contributed by atoms with E-state index in [0.29, 0.717) is 5.56 Å². The molecule has 0 saturated heterocycles. The molecule has 2 N–H and O–H groups in total. The summed E-state index contributed by atoms with van der Waals surface area (Å²) in [5.74, 6) is 0. The third-order valence-corrected chi connectivity index (χ3v) is 3.34. The number of anilines is 1. The van der Waals surface area contributed by atoms with E-state index in [2.05, 4.69) is 35.2 Å². The highest BCUT2D eigenvalue weighted by Gasteiger charge is 2.04. The number of benzene rings is 2. The average Bonchev–Trinajstić information content (AvgIpc) is 2.47. The van der Waals surface area contributed by atoms with Gasteiger partial charge in [-0.05, 0) is 42.3 Å². The van der Waals surface area contributed by atoms with Crippen molar-refractivity contribution in [2.75, 3.05) is 11.9 Å². The molecule has 102 valence electrons. The molecule has 0 bridgehead atoms. The number of nitrogens with two attached hydrogens (primary N) is 1. The lowest BCUT2D eigenvalue weighted by atomic mass is 10.1. The largest absolute Gasteiger partial charge is 0.370 e. The van der Waals surface area contributed by atoms with Gasteiger partial charge in [0.15, 0.2) is 0 Å². The molecule has 0 unspecified atom stereocenters. The molecule has 2 rings (SSSR count). The van der Waals surface area contributed by atoms with Gasteiger partial charge in [0, 0.05) is 25.3 Å². The minimum absolute atomic E-state index is 0.0571. The maximum absolute atomic E-state index is 8.92. The number of hydrogen-bond acceptors (Lipinski definition) is 3. The van der Waals surface area contributed by atoms with Crippen LogP contribution in [0.25, 0.3) is 0 Å². The zero-order chi connectivity index (χ0) is 14.5. The van der Waals surface area contributed by atoms with Gasteiger partial charge in [0.1, 0.15) is 0 Å². The van der Waals surface area contributed by atoms with Crippen LogP contribution < -0.4 is 10.6 Å². The van der Waals surface area contributed by atoms with Crippen molar-refractivity contribution in [3.8, 4) is 6.07 Å². The first kappa shape index (κ1) is 14.1. The highest BCUT2D eigenvalue weighted by molar-refractivity contribution is 5.48. The predicted molar refractivity (Wildman–Crippen MR) is 82.3 cm³/mol. The fourth-order valence-electron chi connectivity index (χ4n) is 2.14. The Hall–Kier alpha value is -2.31. The molecule has 2 aromatic rings. The first-order chi connectivity index (χ1) is 9.60. The molecule has 2 aromatic carbocycles. The van der Waals surface area contributed by atoms with Gasteiger partial charge >= 0.3 is 0 Å². The number of hydrogen-bond donors (Lipinski definition) is 1. The molecule has 3 heteroatoms. The summed E-state index contributed by atoms with van der Waals surface area (Å²) in [5, 5.41) is 8.92. The topological polar surface area (TPSA) is 53.0 Å². The Balaban J connectivity index is 2.11. The van der Waals surface area contributed by atoms with Gasteiger partial charge in [0.2, 0.25) is 0 Å². The molecule has 0 amide bonds. The van der Waals surface area contributed by atoms with E-state index in [1.54, 1.807) is 0 Å². The highest BCUT2D eigenvalue weighted by atomic mass is 15.1. The second-order valence-corrected chi connectivity index (χ2v) is 5.05. The minimum atomic E-state index is 0.0571. The summed E-state index contributed by atoms with van der Waals surface area (Å²) in [6, 6.07) is 18.2. The average molecular weight is 265 g/mol. The number of rotatable bonds is 4. The molecule has 0 heterocycles. The van der Waals surface area contributed by atoms with Crippen LogP contribution in [0.15, 0.2) is 48.5 Å². The molecule has 0 aromatic heterocycles. The van der Waals surface area contributed by atoms with E-state index in [9.17, 15) is 0 Å². The molecule has 0 fully saturated rings. The van der Waals surface area contributed by atoms with Crippen molar-refractivity contribution in [1.29, 1.82) is 5.26 Å². The molecule has 3 nitrogen and oxygen atoms in total. The summed E-state index contributed by atoms with van der Waals surface area (Å²) in [6.07, 6.45) is 0. The van der Waals surface area contributed by atoms with E-state index in [-0.39, 0.29) is 6.04 Å². The second-order valence-electron chi connectivity index (χ2n) is 5.05. The molecule has 1 atom stereocenters. The van der Waals surface area contributed by atoms with E-state index in [0.717, 1.165) is 23.4 Å². The zero-order valence-electron chi connectivity index (χ0n) is 11.9. The molecule has 0 spiro atoms. The van der Waals surface area contributed by atoms with Crippen LogP contribution in [-0.4, -0.2) is 7.05 Å². The molecular weight excluding hydrogens is 246 g/mol. The van der Waals surface area contributed by atoms with E-state index in [4.69, 9.17) is 11.0 Å². The van der Waals surface area contributed by atoms with Crippen molar-refractivity contribution in [3.63, 3.8) is 0 Å². The maximum Gasteiger partial charge on any atom is 0.0991 e. The molecule has 20 heavy (non-hydrogen) atoms. The van der Waals surface area contributed by atoms with Gasteiger partial charge < -0.3 is 10.6 Å². The van der Waals surface area contributed by atoms with Gasteiger partial charge in [-0.2, -0.15) is 5.26 Å². The van der Waals surface area contributed by atoms with Crippen LogP contribution in [0.2, 0.25) is 0 Å². The van der Waals surface area contributed by atoms with Gasteiger partial charge in [-0.3, -0.25) is 0 Å². The van der Waals surface area contributed by atoms with Gasteiger partial charge in [0.05, 0.1) is 11.6 Å². The summed E-state index contributed by atoms with van der Waals surface area (Å²) >= 11 is 0. The molecule has 0 aliphatic rings. The Morgan fingerprint density at radius 1 is 1.20 bits per heavy atom. The van der Waals surface area contributed by atoms with Crippen LogP contribution >= 0.6 is 0 Å². The first-order valence-corrected chi connectivity index (χ1v) is 6.66. The smallest absolute Gasteiger partial charge is 0.0991 e. The van der Waals surface area contributed by atoms with Gasteiger partial charge in [0.25, 0.3) is 0 Å². The fraction of sp³-hybridized carbons (Fsp3) is 0.235. The first-order valence-electron chi connectivity index (χ1n) is 6.66. The Morgan fingerprint density at radius 2 is 1.90 bits per heavy atom. The van der Waals surface area contributed by atoms with E-state index < -0.39 is 0 Å². The Morgan fingerprint density at radius 3 is 2.50 bits per heavy atom. The lowest BCUT2D eigenvalue weighted by Crippen LogP contribution is -2.16. The Kier molecular flexibility index (Phi) is 4.39. The highest BCUT2D eigenvalue weighted by Crippen LogP contribution is 2.19. The lowest BCUT2D eigenvalue weighted by Gasteiger charge is -2.20. The molecule has 0 saturated carbocycles. The summed E-state index contributed by atoms with van der Waals surface area (Å²) in [7, 11) is 2.04. The summed E-state index contributed by atoms with van der Waals surface area (Å²) in [6.45, 7) is 2.75. The van der Waals surface area contributed by atoms with Crippen LogP contribution in [0, 0.1) is 11.3 Å². The van der Waals surface area contributed by atoms with Crippen molar-refractivity contribution >= 4 is 5.69 Å².